The van der Waals surface area contributed by atoms with Crippen LogP contribution < -0.4 is 9.64 Å². The molecule has 1 amide bonds. The molecule has 0 fully saturated rings. The normalized spacial score (nSPS) is 16.2. The number of para-hydroxylation sites is 2. The fourth-order valence-electron chi connectivity index (χ4n) is 2.86. The van der Waals surface area contributed by atoms with E-state index in [1.165, 1.54) is 5.56 Å². The molecule has 2 aromatic carbocycles. The molecule has 112 valence electrons. The number of hydrogen-bond acceptors (Lipinski definition) is 3. The fraction of sp³-hybridized carbons (Fsp3) is 0.222. The van der Waals surface area contributed by atoms with E-state index in [9.17, 15) is 9.59 Å². The number of nitrogens with zero attached hydrogens (tertiary/aromatic N) is 1. The summed E-state index contributed by atoms with van der Waals surface area (Å²) in [6.07, 6.45) is 1.58. The number of rotatable bonds is 4. The zero-order valence-electron chi connectivity index (χ0n) is 12.4. The highest BCUT2D eigenvalue weighted by molar-refractivity contribution is 5.97. The van der Waals surface area contributed by atoms with Crippen molar-refractivity contribution in [1.29, 1.82) is 0 Å². The smallest absolute Gasteiger partial charge is 0.265 e. The molecule has 1 aliphatic heterocycles. The van der Waals surface area contributed by atoms with Crippen LogP contribution in [0.25, 0.3) is 0 Å². The monoisotopic (exact) mass is 295 g/mol. The van der Waals surface area contributed by atoms with Gasteiger partial charge in [-0.05, 0) is 37.1 Å². The molecule has 0 spiro atoms. The summed E-state index contributed by atoms with van der Waals surface area (Å²) >= 11 is 0. The van der Waals surface area contributed by atoms with Gasteiger partial charge in [-0.3, -0.25) is 9.59 Å². The molecule has 0 aromatic heterocycles. The van der Waals surface area contributed by atoms with Gasteiger partial charge in [-0.15, -0.1) is 0 Å². The molecule has 4 heteroatoms. The van der Waals surface area contributed by atoms with Gasteiger partial charge in [-0.1, -0.05) is 30.3 Å². The van der Waals surface area contributed by atoms with Crippen molar-refractivity contribution in [3.8, 4) is 5.75 Å². The minimum Gasteiger partial charge on any atom is -0.483 e. The summed E-state index contributed by atoms with van der Waals surface area (Å²) in [4.78, 5) is 25.2. The van der Waals surface area contributed by atoms with E-state index in [0.717, 1.165) is 18.4 Å². The van der Waals surface area contributed by atoms with E-state index in [4.69, 9.17) is 4.74 Å². The second-order valence-electron chi connectivity index (χ2n) is 5.39. The second-order valence-corrected chi connectivity index (χ2v) is 5.39. The van der Waals surface area contributed by atoms with Crippen LogP contribution in [0.3, 0.4) is 0 Å². The molecular weight excluding hydrogens is 278 g/mol. The van der Waals surface area contributed by atoms with E-state index in [1.807, 2.05) is 31.2 Å². The average Bonchev–Trinajstić information content (AvgIpc) is 2.88. The molecule has 1 heterocycles. The lowest BCUT2D eigenvalue weighted by Crippen LogP contribution is -2.39. The Morgan fingerprint density at radius 3 is 2.77 bits per heavy atom. The highest BCUT2D eigenvalue weighted by Gasteiger charge is 2.30. The lowest BCUT2D eigenvalue weighted by molar-refractivity contribution is -0.120. The Balaban J connectivity index is 1.74. The maximum absolute atomic E-state index is 12.5. The summed E-state index contributed by atoms with van der Waals surface area (Å²) in [6, 6.07) is 14.9. The van der Waals surface area contributed by atoms with Gasteiger partial charge >= 0.3 is 0 Å². The predicted molar refractivity (Wildman–Crippen MR) is 84.4 cm³/mol. The Hall–Kier alpha value is -2.62. The number of aldehydes is 1. The Kier molecular flexibility index (Phi) is 3.92. The first-order valence-corrected chi connectivity index (χ1v) is 7.27. The Bertz CT molecular complexity index is 711. The van der Waals surface area contributed by atoms with Crippen molar-refractivity contribution < 1.29 is 14.3 Å². The first-order chi connectivity index (χ1) is 10.7. The van der Waals surface area contributed by atoms with E-state index >= 15 is 0 Å². The van der Waals surface area contributed by atoms with Gasteiger partial charge in [0.1, 0.15) is 5.75 Å². The first kappa shape index (κ1) is 14.3. The topological polar surface area (TPSA) is 46.6 Å². The van der Waals surface area contributed by atoms with E-state index in [-0.39, 0.29) is 18.6 Å². The van der Waals surface area contributed by atoms with Crippen molar-refractivity contribution in [2.75, 3.05) is 11.5 Å². The van der Waals surface area contributed by atoms with E-state index in [0.29, 0.717) is 11.3 Å². The summed E-state index contributed by atoms with van der Waals surface area (Å²) < 4.78 is 5.54. The number of ether oxygens (including phenoxy) is 1. The number of carbonyl (C=O) groups is 2. The number of benzene rings is 2. The number of hydrogen-bond donors (Lipinski definition) is 0. The lowest BCUT2D eigenvalue weighted by atomic mass is 10.1. The van der Waals surface area contributed by atoms with Crippen LogP contribution in [-0.4, -0.2) is 24.8 Å². The van der Waals surface area contributed by atoms with Crippen molar-refractivity contribution in [3.05, 3.63) is 59.7 Å². The Morgan fingerprint density at radius 1 is 1.23 bits per heavy atom. The van der Waals surface area contributed by atoms with Gasteiger partial charge in [0.15, 0.2) is 12.9 Å². The van der Waals surface area contributed by atoms with Gasteiger partial charge in [-0.25, -0.2) is 0 Å². The van der Waals surface area contributed by atoms with Gasteiger partial charge in [0, 0.05) is 11.7 Å². The number of carbonyl (C=O) groups excluding carboxylic acids is 2. The van der Waals surface area contributed by atoms with Gasteiger partial charge in [-0.2, -0.15) is 0 Å². The van der Waals surface area contributed by atoms with E-state index in [1.54, 1.807) is 29.2 Å². The van der Waals surface area contributed by atoms with Crippen LogP contribution in [0, 0.1) is 0 Å². The summed E-state index contributed by atoms with van der Waals surface area (Å²) in [5.41, 5.74) is 2.58. The molecule has 0 bridgehead atoms. The van der Waals surface area contributed by atoms with Gasteiger partial charge in [0.05, 0.1) is 5.56 Å². The Labute approximate surface area is 129 Å². The molecule has 0 saturated carbocycles. The molecule has 2 aromatic rings. The highest BCUT2D eigenvalue weighted by Crippen LogP contribution is 2.31. The van der Waals surface area contributed by atoms with Crippen LogP contribution in [0.15, 0.2) is 48.5 Å². The van der Waals surface area contributed by atoms with Crippen LogP contribution in [0.5, 0.6) is 5.75 Å². The minimum absolute atomic E-state index is 0.0798. The van der Waals surface area contributed by atoms with Crippen LogP contribution in [0.1, 0.15) is 22.8 Å². The molecule has 3 rings (SSSR count). The summed E-state index contributed by atoms with van der Waals surface area (Å²) in [5, 5.41) is 0. The largest absolute Gasteiger partial charge is 0.483 e. The van der Waals surface area contributed by atoms with Crippen LogP contribution in [0.2, 0.25) is 0 Å². The number of amides is 1. The molecule has 0 radical (unpaired) electrons. The highest BCUT2D eigenvalue weighted by atomic mass is 16.5. The van der Waals surface area contributed by atoms with Crippen LogP contribution in [0.4, 0.5) is 5.69 Å². The molecule has 0 saturated heterocycles. The van der Waals surface area contributed by atoms with Gasteiger partial charge in [0.25, 0.3) is 5.91 Å². The SMILES string of the molecule is CC1Cc2ccccc2N1C(=O)COc1ccccc1C=O. The quantitative estimate of drug-likeness (QED) is 0.815. The van der Waals surface area contributed by atoms with E-state index < -0.39 is 0 Å². The first-order valence-electron chi connectivity index (χ1n) is 7.27. The predicted octanol–water partition coefficient (Wildman–Crippen LogP) is 2.86. The molecular formula is C18H17NO3. The maximum atomic E-state index is 12.5. The molecule has 1 atom stereocenters. The summed E-state index contributed by atoms with van der Waals surface area (Å²) in [5.74, 6) is 0.337. The van der Waals surface area contributed by atoms with Crippen LogP contribution >= 0.6 is 0 Å². The third kappa shape index (κ3) is 2.60. The fourth-order valence-corrected chi connectivity index (χ4v) is 2.86. The standard InChI is InChI=1S/C18H17NO3/c1-13-10-14-6-2-4-8-16(14)19(13)18(21)12-22-17-9-5-3-7-15(17)11-20/h2-9,11,13H,10,12H2,1H3. The molecule has 0 N–H and O–H groups in total. The minimum atomic E-state index is -0.0989. The van der Waals surface area contributed by atoms with Crippen molar-refractivity contribution in [2.24, 2.45) is 0 Å². The third-order valence-electron chi connectivity index (χ3n) is 3.87. The molecule has 1 unspecified atom stereocenters. The zero-order valence-corrected chi connectivity index (χ0v) is 12.4. The van der Waals surface area contributed by atoms with E-state index in [2.05, 4.69) is 0 Å². The average molecular weight is 295 g/mol. The zero-order chi connectivity index (χ0) is 15.5. The lowest BCUT2D eigenvalue weighted by Gasteiger charge is -2.22. The second kappa shape index (κ2) is 6.02. The summed E-state index contributed by atoms with van der Waals surface area (Å²) in [6.45, 7) is 1.95. The van der Waals surface area contributed by atoms with Gasteiger partial charge < -0.3 is 9.64 Å². The third-order valence-corrected chi connectivity index (χ3v) is 3.87. The number of anilines is 1. The van der Waals surface area contributed by atoms with Crippen molar-refractivity contribution in [1.82, 2.24) is 0 Å². The van der Waals surface area contributed by atoms with Crippen molar-refractivity contribution in [3.63, 3.8) is 0 Å². The Morgan fingerprint density at radius 2 is 1.95 bits per heavy atom. The van der Waals surface area contributed by atoms with Crippen molar-refractivity contribution >= 4 is 17.9 Å². The molecule has 0 aliphatic carbocycles. The molecule has 22 heavy (non-hydrogen) atoms. The molecule has 1 aliphatic rings. The maximum Gasteiger partial charge on any atom is 0.265 e. The number of fused-ring (bicyclic) bond motifs is 1. The molecule has 4 nitrogen and oxygen atoms in total. The van der Waals surface area contributed by atoms with Crippen molar-refractivity contribution in [2.45, 2.75) is 19.4 Å². The van der Waals surface area contributed by atoms with Gasteiger partial charge in [0.2, 0.25) is 0 Å². The summed E-state index contributed by atoms with van der Waals surface area (Å²) in [7, 11) is 0. The van der Waals surface area contributed by atoms with Crippen LogP contribution in [-0.2, 0) is 11.2 Å².